The van der Waals surface area contributed by atoms with Crippen molar-refractivity contribution in [1.29, 1.82) is 0 Å². The van der Waals surface area contributed by atoms with Crippen molar-refractivity contribution in [2.24, 2.45) is 0 Å². The molecule has 1 saturated carbocycles. The zero-order chi connectivity index (χ0) is 104. The number of anilines is 2. The number of nitrogens with one attached hydrogen (secondary N) is 2. The summed E-state index contributed by atoms with van der Waals surface area (Å²) in [5.41, 5.74) is 9.31. The lowest BCUT2D eigenvalue weighted by atomic mass is 9.95. The van der Waals surface area contributed by atoms with Crippen LogP contribution in [-0.2, 0) is 70.1 Å². The third kappa shape index (κ3) is 19.3. The Kier molecular flexibility index (Phi) is 27.9. The number of aromatic nitrogens is 7. The van der Waals surface area contributed by atoms with Crippen LogP contribution in [0.2, 0.25) is 0 Å². The largest absolute Gasteiger partial charge is 0.505 e. The zero-order valence-electron chi connectivity index (χ0n) is 79.2. The van der Waals surface area contributed by atoms with E-state index in [1.165, 1.54) is 123 Å². The van der Waals surface area contributed by atoms with Gasteiger partial charge in [0.1, 0.15) is 68.2 Å². The van der Waals surface area contributed by atoms with E-state index in [4.69, 9.17) is 9.47 Å². The summed E-state index contributed by atoms with van der Waals surface area (Å²) in [6, 6.07) is 52.1. The van der Waals surface area contributed by atoms with E-state index in [-0.39, 0.29) is 201 Å². The minimum absolute atomic E-state index is 0.0590. The maximum atomic E-state index is 13.6. The van der Waals surface area contributed by atoms with E-state index in [1.54, 1.807) is 181 Å². The summed E-state index contributed by atoms with van der Waals surface area (Å²) < 4.78 is 76.3. The Morgan fingerprint density at radius 1 is 0.378 bits per heavy atom. The number of nitrogens with zero attached hydrogens (tertiary/aromatic N) is 13. The van der Waals surface area contributed by atoms with E-state index < -0.39 is 29.6 Å². The molecule has 0 unspecified atom stereocenters. The summed E-state index contributed by atoms with van der Waals surface area (Å²) in [6.45, 7) is 2.30. The van der Waals surface area contributed by atoms with Crippen LogP contribution in [0.3, 0.4) is 0 Å². The quantitative estimate of drug-likeness (QED) is 0.0292. The van der Waals surface area contributed by atoms with Gasteiger partial charge < -0.3 is 64.8 Å². The van der Waals surface area contributed by atoms with E-state index in [2.05, 4.69) is 45.5 Å². The van der Waals surface area contributed by atoms with E-state index in [0.29, 0.717) is 108 Å². The molecule has 7 aromatic heterocycles. The second-order valence-corrected chi connectivity index (χ2v) is 36.5. The smallest absolute Gasteiger partial charge is 0.338 e. The van der Waals surface area contributed by atoms with Crippen LogP contribution in [0.1, 0.15) is 175 Å². The number of halogens is 5. The molecule has 37 heteroatoms. The minimum Gasteiger partial charge on any atom is -0.505 e. The second kappa shape index (κ2) is 41.9. The van der Waals surface area contributed by atoms with Crippen LogP contribution in [0.4, 0.5) is 32.9 Å². The highest BCUT2D eigenvalue weighted by atomic mass is 32.1. The van der Waals surface area contributed by atoms with Crippen LogP contribution < -0.4 is 20.3 Å². The predicted octanol–water partition coefficient (Wildman–Crippen LogP) is 18.1. The van der Waals surface area contributed by atoms with Crippen molar-refractivity contribution < 1.29 is 100 Å². The maximum Gasteiger partial charge on any atom is 0.338 e. The van der Waals surface area contributed by atoms with Crippen molar-refractivity contribution in [3.8, 4) is 34.5 Å². The molecule has 1 fully saturated rings. The minimum atomic E-state index is -0.597. The third-order valence-corrected chi connectivity index (χ3v) is 27.2. The average molecular weight is 2020 g/mol. The highest BCUT2D eigenvalue weighted by molar-refractivity contribution is 7.13. The fourth-order valence-electron chi connectivity index (χ4n) is 19.5. The highest BCUT2D eigenvalue weighted by Gasteiger charge is 2.44. The molecule has 23 rings (SSSR count). The van der Waals surface area contributed by atoms with E-state index in [1.807, 2.05) is 6.07 Å². The second-order valence-electron chi connectivity index (χ2n) is 35.6. The lowest BCUT2D eigenvalue weighted by Gasteiger charge is -2.20. The van der Waals surface area contributed by atoms with Gasteiger partial charge in [0.25, 0.3) is 47.3 Å². The maximum absolute atomic E-state index is 13.6. The van der Waals surface area contributed by atoms with Crippen LogP contribution in [0, 0.1) is 29.1 Å². The molecule has 10 aromatic carbocycles. The van der Waals surface area contributed by atoms with Gasteiger partial charge >= 0.3 is 5.97 Å². The molecule has 148 heavy (non-hydrogen) atoms. The molecule has 1 aliphatic carbocycles. The van der Waals surface area contributed by atoms with Crippen LogP contribution in [-0.4, -0.2) is 172 Å². The van der Waals surface area contributed by atoms with Gasteiger partial charge in [0.15, 0.2) is 33.9 Å². The number of benzene rings is 10. The number of methoxy groups -OCH3 is 2. The molecule has 0 radical (unpaired) electrons. The molecule has 8 amide bonds. The molecule has 12 heterocycles. The number of hydrogen-bond donors (Lipinski definition) is 7. The van der Waals surface area contributed by atoms with Crippen LogP contribution in [0.15, 0.2) is 249 Å². The van der Waals surface area contributed by atoms with Gasteiger partial charge in [-0.1, -0.05) is 104 Å². The Morgan fingerprint density at radius 2 is 0.709 bits per heavy atom. The van der Waals surface area contributed by atoms with Crippen molar-refractivity contribution in [3.63, 3.8) is 0 Å². The molecule has 6 aliphatic rings. The number of phenolic OH excluding ortho intramolecular Hbond substituents is 5. The molecule has 17 aromatic rings. The van der Waals surface area contributed by atoms with E-state index in [9.17, 15) is 90.6 Å². The first kappa shape index (κ1) is 98.5. The van der Waals surface area contributed by atoms with E-state index >= 15 is 0 Å². The number of phenols is 5. The fraction of sp³-hybridized carbons (Fsp3) is 0.171. The Morgan fingerprint density at radius 3 is 1.08 bits per heavy atom. The van der Waals surface area contributed by atoms with Crippen molar-refractivity contribution in [1.82, 2.24) is 64.7 Å². The van der Waals surface area contributed by atoms with Crippen molar-refractivity contribution >= 4 is 130 Å². The van der Waals surface area contributed by atoms with Crippen molar-refractivity contribution in [2.45, 2.75) is 97.0 Å². The first-order chi connectivity index (χ1) is 71.6. The number of carbonyl (C=O) groups is 9. The number of esters is 1. The number of pyridine rings is 6. The zero-order valence-corrected chi connectivity index (χ0v) is 80.0. The third-order valence-electron chi connectivity index (χ3n) is 26.5. The average Bonchev–Trinajstić information content (AvgIpc) is 1.57. The van der Waals surface area contributed by atoms with Crippen LogP contribution in [0.5, 0.6) is 34.5 Å². The first-order valence-corrected chi connectivity index (χ1v) is 47.6. The fourth-order valence-corrected chi connectivity index (χ4v) is 20.0. The summed E-state index contributed by atoms with van der Waals surface area (Å²) >= 11 is 1.28. The molecule has 744 valence electrons. The van der Waals surface area contributed by atoms with Gasteiger partial charge in [0.2, 0.25) is 0 Å². The standard InChI is InChI=1S/C25H19FN4O3.C24H22FN3O3.C22H15FN4O3S.C20H15FN2O4.C20H17FN2O3/c1-29(19-6-2-3-11-27-19)24(32)20-17-5-4-12-28-22(17)23(31)21-18(20)14-30(25(21)33)13-15-7-9-16(26)10-8-15;25-15-9-7-14(8-10-15)12-28-13-18-19(23(30)27-16-4-1-2-5-16)17-6-3-11-26-21(17)22(29)20(18)24(28)31;23-13-5-3-12(4-6-13)10-27-11-15-16(20(29)26-22-25-8-9-31-22)14-2-1-7-24-18(14)19(28)17(15)21(27)30;1-27-20(26)15-13-3-2-8-22-17(13)18(24)16-14(15)10-23(19(16)25)9-11-4-6-12(21)7-5-11;1-26-19-14-3-2-9-22-17(14)18(24)16-15(19)11-23(20(16)25)10-8-12-4-6-13(21)7-5-12/h2-12,31H,13-14H2,1H3;3,6-11,16,29H,1-2,4-5,12-13H2,(H,27,30);1-9,28H,10-11H2,(H,25,26,29);2-8,24H,9-10H2,1H3;2-7,9,24H,8,10-11H2,1H3. The van der Waals surface area contributed by atoms with Gasteiger partial charge in [-0.3, -0.25) is 73.5 Å². The summed E-state index contributed by atoms with van der Waals surface area (Å²) in [6.07, 6.45) is 15.4. The summed E-state index contributed by atoms with van der Waals surface area (Å²) in [5.74, 6) is -5.22. The van der Waals surface area contributed by atoms with Gasteiger partial charge in [-0.2, -0.15) is 0 Å². The van der Waals surface area contributed by atoms with Gasteiger partial charge in [-0.15, -0.1) is 11.3 Å². The molecule has 0 saturated heterocycles. The molecule has 0 bridgehead atoms. The Bertz CT molecular complexity index is 8190. The molecule has 0 spiro atoms. The van der Waals surface area contributed by atoms with Gasteiger partial charge in [0, 0.05) is 175 Å². The first-order valence-electron chi connectivity index (χ1n) is 46.8. The molecular formula is C111H88F5N15O16S. The number of ether oxygens (including phenoxy) is 2. The van der Waals surface area contributed by atoms with Gasteiger partial charge in [-0.25, -0.2) is 36.7 Å². The molecular weight excluding hydrogens is 1930 g/mol. The normalized spacial score (nSPS) is 13.7. The highest BCUT2D eigenvalue weighted by Crippen LogP contribution is 2.48. The summed E-state index contributed by atoms with van der Waals surface area (Å²) in [5, 5.41) is 64.4. The number of rotatable bonds is 19. The lowest BCUT2D eigenvalue weighted by Crippen LogP contribution is -2.33. The number of fused-ring (bicyclic) bond motifs is 10. The molecule has 0 atom stereocenters. The Hall–Kier alpha value is -18.3. The van der Waals surface area contributed by atoms with E-state index in [0.717, 1.165) is 53.5 Å². The van der Waals surface area contributed by atoms with Gasteiger partial charge in [-0.05, 0) is 156 Å². The monoisotopic (exact) mass is 2010 g/mol. The Balaban J connectivity index is 0.000000117. The summed E-state index contributed by atoms with van der Waals surface area (Å²) in [4.78, 5) is 156. The predicted molar refractivity (Wildman–Crippen MR) is 536 cm³/mol. The number of aromatic hydroxyl groups is 5. The summed E-state index contributed by atoms with van der Waals surface area (Å²) in [7, 11) is 4.42. The molecule has 7 N–H and O–H groups in total. The number of thiazole rings is 1. The topological polar surface area (TPSA) is 407 Å². The van der Waals surface area contributed by atoms with Crippen LogP contribution in [0.25, 0.3) is 54.5 Å². The Labute approximate surface area is 843 Å². The van der Waals surface area contributed by atoms with Crippen molar-refractivity contribution in [2.75, 3.05) is 38.0 Å². The van der Waals surface area contributed by atoms with Crippen LogP contribution >= 0.6 is 11.3 Å². The SMILES string of the molecule is CN(C(=O)c1c2c(c(O)c3ncccc13)C(=O)N(Cc1ccc(F)cc1)C2)c1ccccn1.COC(=O)c1c2c(c(O)c3ncccc13)C(=O)N(Cc1ccc(F)cc1)C2.COc1c2c(c(O)c3ncccc13)C(=O)N(CCc1ccc(F)cc1)C2.O=C(NC1CCCC1)c1c2c(c(O)c3ncccc13)C(=O)N(Cc1ccc(F)cc1)C2.O=C(Nc1nccs1)c1c2c(c(O)c3ncccc13)C(=O)N(Cc1ccc(F)cc1)C2. The number of amides is 8. The number of hydrogen-bond acceptors (Lipinski definition) is 24. The molecule has 31 nitrogen and oxygen atoms in total. The van der Waals surface area contributed by atoms with Crippen molar-refractivity contribution in [3.05, 3.63) is 384 Å². The number of carbonyl (C=O) groups excluding carboxylic acids is 9. The lowest BCUT2D eigenvalue weighted by molar-refractivity contribution is 0.0598. The van der Waals surface area contributed by atoms with Gasteiger partial charge in [0.05, 0.1) is 70.8 Å². The molecule has 5 aliphatic heterocycles.